The first kappa shape index (κ1) is 11.5. The number of hydrogen-bond acceptors (Lipinski definition) is 6. The van der Waals surface area contributed by atoms with Gasteiger partial charge in [0.05, 0.1) is 6.61 Å². The second-order valence-electron chi connectivity index (χ2n) is 4.25. The van der Waals surface area contributed by atoms with Crippen molar-refractivity contribution in [2.24, 2.45) is 11.6 Å². The Balaban J connectivity index is 2.08. The Labute approximate surface area is 108 Å². The summed E-state index contributed by atoms with van der Waals surface area (Å²) in [6.07, 6.45) is 0.875. The van der Waals surface area contributed by atoms with Crippen molar-refractivity contribution in [1.29, 1.82) is 0 Å². The molecule has 3 heterocycles. The molecule has 1 atom stereocenters. The van der Waals surface area contributed by atoms with Crippen LogP contribution >= 0.6 is 11.3 Å². The van der Waals surface area contributed by atoms with Crippen molar-refractivity contribution in [3.05, 3.63) is 33.8 Å². The van der Waals surface area contributed by atoms with Crippen molar-refractivity contribution in [1.82, 2.24) is 10.1 Å². The Morgan fingerprint density at radius 3 is 3.06 bits per heavy atom. The van der Waals surface area contributed by atoms with E-state index in [1.807, 2.05) is 16.8 Å². The molecule has 0 saturated carbocycles. The van der Waals surface area contributed by atoms with Gasteiger partial charge in [-0.25, -0.2) is 5.84 Å². The highest BCUT2D eigenvalue weighted by molar-refractivity contribution is 7.08. The minimum atomic E-state index is -0.485. The van der Waals surface area contributed by atoms with Crippen LogP contribution in [-0.4, -0.2) is 29.2 Å². The van der Waals surface area contributed by atoms with Gasteiger partial charge in [0.2, 0.25) is 5.88 Å². The number of fused-ring (bicyclic) bond motifs is 1. The number of primary amides is 1. The minimum Gasteiger partial charge on any atom is -0.478 e. The summed E-state index contributed by atoms with van der Waals surface area (Å²) < 4.78 is 5.56. The van der Waals surface area contributed by atoms with Crippen LogP contribution in [0.25, 0.3) is 0 Å². The molecule has 7 heteroatoms. The first-order chi connectivity index (χ1) is 8.70. The van der Waals surface area contributed by atoms with E-state index in [-0.39, 0.29) is 6.04 Å². The molecule has 18 heavy (non-hydrogen) atoms. The summed E-state index contributed by atoms with van der Waals surface area (Å²) in [6, 6.07) is 1.60. The van der Waals surface area contributed by atoms with E-state index in [1.165, 1.54) is 5.12 Å². The highest BCUT2D eigenvalue weighted by Gasteiger charge is 2.43. The van der Waals surface area contributed by atoms with E-state index in [0.29, 0.717) is 18.1 Å². The first-order valence-corrected chi connectivity index (χ1v) is 6.64. The zero-order valence-corrected chi connectivity index (χ0v) is 10.5. The standard InChI is InChI=1S/C11H14N4O2S/c12-10(16)8-9(7-2-5-18-6-7)15(13)14-3-1-4-17-11(8)14/h2,5-6,9H,1,3-4,13H2,(H2,12,16). The molecular weight excluding hydrogens is 252 g/mol. The maximum Gasteiger partial charge on any atom is 0.252 e. The smallest absolute Gasteiger partial charge is 0.252 e. The van der Waals surface area contributed by atoms with Gasteiger partial charge in [0.25, 0.3) is 5.91 Å². The SMILES string of the molecule is NC(=O)C1=C2OCCCN2N(N)C1c1ccsc1. The lowest BCUT2D eigenvalue weighted by Gasteiger charge is -2.33. The lowest BCUT2D eigenvalue weighted by molar-refractivity contribution is -0.115. The Bertz CT molecular complexity index is 499. The molecule has 1 aromatic rings. The van der Waals surface area contributed by atoms with Crippen molar-refractivity contribution in [3.8, 4) is 0 Å². The third-order valence-electron chi connectivity index (χ3n) is 3.16. The molecule has 1 aromatic heterocycles. The van der Waals surface area contributed by atoms with Gasteiger partial charge < -0.3 is 10.5 Å². The maximum atomic E-state index is 11.7. The van der Waals surface area contributed by atoms with Crippen LogP contribution in [0.3, 0.4) is 0 Å². The quantitative estimate of drug-likeness (QED) is 0.753. The minimum absolute atomic E-state index is 0.346. The fraction of sp³-hybridized carbons (Fsp3) is 0.364. The van der Waals surface area contributed by atoms with Crippen molar-refractivity contribution in [3.63, 3.8) is 0 Å². The van der Waals surface area contributed by atoms with Crippen LogP contribution in [0.5, 0.6) is 0 Å². The molecule has 2 aliphatic heterocycles. The average Bonchev–Trinajstić information content (AvgIpc) is 2.96. The van der Waals surface area contributed by atoms with Gasteiger partial charge in [0.1, 0.15) is 11.6 Å². The predicted octanol–water partition coefficient (Wildman–Crippen LogP) is 0.313. The maximum absolute atomic E-state index is 11.7. The third-order valence-corrected chi connectivity index (χ3v) is 3.86. The molecule has 0 spiro atoms. The van der Waals surface area contributed by atoms with Gasteiger partial charge >= 0.3 is 0 Å². The van der Waals surface area contributed by atoms with Crippen molar-refractivity contribution < 1.29 is 9.53 Å². The van der Waals surface area contributed by atoms with Crippen LogP contribution in [0, 0.1) is 0 Å². The van der Waals surface area contributed by atoms with Crippen LogP contribution in [0.4, 0.5) is 0 Å². The summed E-state index contributed by atoms with van der Waals surface area (Å²) in [7, 11) is 0. The third kappa shape index (κ3) is 1.59. The second kappa shape index (κ2) is 4.27. The van der Waals surface area contributed by atoms with E-state index in [0.717, 1.165) is 18.5 Å². The van der Waals surface area contributed by atoms with E-state index >= 15 is 0 Å². The topological polar surface area (TPSA) is 84.8 Å². The second-order valence-corrected chi connectivity index (χ2v) is 5.03. The number of nitrogens with zero attached hydrogens (tertiary/aromatic N) is 2. The van der Waals surface area contributed by atoms with Crippen LogP contribution in [0.2, 0.25) is 0 Å². The van der Waals surface area contributed by atoms with Crippen molar-refractivity contribution in [2.75, 3.05) is 13.2 Å². The van der Waals surface area contributed by atoms with E-state index in [9.17, 15) is 4.79 Å². The molecule has 0 aromatic carbocycles. The molecular formula is C11H14N4O2S. The number of hydrogen-bond donors (Lipinski definition) is 2. The lowest BCUT2D eigenvalue weighted by atomic mass is 10.0. The molecule has 2 aliphatic rings. The Morgan fingerprint density at radius 1 is 1.56 bits per heavy atom. The predicted molar refractivity (Wildman–Crippen MR) is 66.6 cm³/mol. The number of carbonyl (C=O) groups excluding carboxylic acids is 1. The van der Waals surface area contributed by atoms with Gasteiger partial charge in [-0.1, -0.05) is 0 Å². The first-order valence-electron chi connectivity index (χ1n) is 5.70. The number of carbonyl (C=O) groups is 1. The summed E-state index contributed by atoms with van der Waals surface area (Å²) in [4.78, 5) is 11.7. The van der Waals surface area contributed by atoms with E-state index in [1.54, 1.807) is 16.3 Å². The number of thiophene rings is 1. The van der Waals surface area contributed by atoms with E-state index in [2.05, 4.69) is 0 Å². The zero-order valence-electron chi connectivity index (χ0n) is 9.70. The summed E-state index contributed by atoms with van der Waals surface area (Å²) >= 11 is 1.56. The highest BCUT2D eigenvalue weighted by atomic mass is 32.1. The van der Waals surface area contributed by atoms with Crippen molar-refractivity contribution in [2.45, 2.75) is 12.5 Å². The Hall–Kier alpha value is -1.57. The normalized spacial score (nSPS) is 24.1. The van der Waals surface area contributed by atoms with Gasteiger partial charge in [-0.05, 0) is 22.4 Å². The van der Waals surface area contributed by atoms with Gasteiger partial charge in [-0.2, -0.15) is 11.3 Å². The lowest BCUT2D eigenvalue weighted by Crippen LogP contribution is -2.46. The van der Waals surface area contributed by atoms with Gasteiger partial charge in [-0.3, -0.25) is 9.80 Å². The molecule has 96 valence electrons. The van der Waals surface area contributed by atoms with Gasteiger partial charge in [-0.15, -0.1) is 5.12 Å². The van der Waals surface area contributed by atoms with Gasteiger partial charge in [0.15, 0.2) is 0 Å². The molecule has 4 N–H and O–H groups in total. The molecule has 3 rings (SSSR count). The van der Waals surface area contributed by atoms with Crippen molar-refractivity contribution >= 4 is 17.2 Å². The summed E-state index contributed by atoms with van der Waals surface area (Å²) in [6.45, 7) is 1.33. The largest absolute Gasteiger partial charge is 0.478 e. The molecule has 6 nitrogen and oxygen atoms in total. The molecule has 1 saturated heterocycles. The summed E-state index contributed by atoms with van der Waals surface area (Å²) in [5, 5.41) is 7.24. The Morgan fingerprint density at radius 2 is 2.39 bits per heavy atom. The van der Waals surface area contributed by atoms with E-state index < -0.39 is 5.91 Å². The number of nitrogens with two attached hydrogens (primary N) is 2. The highest BCUT2D eigenvalue weighted by Crippen LogP contribution is 2.40. The molecule has 1 amide bonds. The Kier molecular flexibility index (Phi) is 2.73. The fourth-order valence-electron chi connectivity index (χ4n) is 2.38. The summed E-state index contributed by atoms with van der Waals surface area (Å²) in [5.74, 6) is 6.11. The molecule has 0 aliphatic carbocycles. The van der Waals surface area contributed by atoms with Crippen LogP contribution in [0.1, 0.15) is 18.0 Å². The van der Waals surface area contributed by atoms with Crippen LogP contribution in [0.15, 0.2) is 28.3 Å². The monoisotopic (exact) mass is 266 g/mol. The average molecular weight is 266 g/mol. The van der Waals surface area contributed by atoms with Crippen LogP contribution in [-0.2, 0) is 9.53 Å². The van der Waals surface area contributed by atoms with Crippen LogP contribution < -0.4 is 11.6 Å². The number of amides is 1. The molecule has 0 radical (unpaired) electrons. The summed E-state index contributed by atoms with van der Waals surface area (Å²) in [5.41, 5.74) is 6.88. The van der Waals surface area contributed by atoms with E-state index in [4.69, 9.17) is 16.3 Å². The zero-order chi connectivity index (χ0) is 12.7. The number of ether oxygens (including phenoxy) is 1. The number of rotatable bonds is 2. The molecule has 1 fully saturated rings. The molecule has 1 unspecified atom stereocenters. The number of hydrazine groups is 2. The molecule has 0 bridgehead atoms. The fourth-order valence-corrected chi connectivity index (χ4v) is 3.05. The van der Waals surface area contributed by atoms with Gasteiger partial charge in [0, 0.05) is 13.0 Å².